The number of aromatic nitrogens is 1. The molecule has 4 aromatic carbocycles. The van der Waals surface area contributed by atoms with Gasteiger partial charge in [0.25, 0.3) is 5.56 Å². The first-order valence-corrected chi connectivity index (χ1v) is 17.8. The molecular formula is C39H37BrN2O7S. The summed E-state index contributed by atoms with van der Waals surface area (Å²) < 4.78 is 32.0. The number of halogens is 1. The number of allylic oxidation sites excluding steroid dienone is 1. The van der Waals surface area contributed by atoms with Crippen molar-refractivity contribution >= 4 is 50.1 Å². The van der Waals surface area contributed by atoms with Crippen molar-refractivity contribution in [1.82, 2.24) is 4.57 Å². The Morgan fingerprint density at radius 2 is 1.76 bits per heavy atom. The van der Waals surface area contributed by atoms with E-state index in [0.29, 0.717) is 49.2 Å². The van der Waals surface area contributed by atoms with Crippen LogP contribution in [0.1, 0.15) is 50.4 Å². The second-order valence-corrected chi connectivity index (χ2v) is 13.8. The summed E-state index contributed by atoms with van der Waals surface area (Å²) in [5.41, 5.74) is 2.70. The largest absolute Gasteiger partial charge is 0.493 e. The van der Waals surface area contributed by atoms with E-state index in [1.807, 2.05) is 56.3 Å². The second kappa shape index (κ2) is 14.9. The molecule has 0 unspecified atom stereocenters. The zero-order valence-electron chi connectivity index (χ0n) is 28.6. The zero-order chi connectivity index (χ0) is 35.5. The molecule has 0 radical (unpaired) electrons. The van der Waals surface area contributed by atoms with E-state index in [4.69, 9.17) is 28.7 Å². The van der Waals surface area contributed by atoms with Crippen LogP contribution in [0.2, 0.25) is 0 Å². The van der Waals surface area contributed by atoms with E-state index in [9.17, 15) is 9.59 Å². The molecule has 1 aliphatic heterocycles. The van der Waals surface area contributed by atoms with Crippen LogP contribution >= 0.6 is 27.3 Å². The highest BCUT2D eigenvalue weighted by Gasteiger charge is 2.34. The van der Waals surface area contributed by atoms with Gasteiger partial charge in [0.1, 0.15) is 6.61 Å². The molecule has 0 spiro atoms. The predicted octanol–water partition coefficient (Wildman–Crippen LogP) is 7.10. The minimum absolute atomic E-state index is 0.0813. The molecule has 258 valence electrons. The summed E-state index contributed by atoms with van der Waals surface area (Å²) in [4.78, 5) is 33.1. The Hall–Kier alpha value is -4.87. The van der Waals surface area contributed by atoms with Gasteiger partial charge in [0.2, 0.25) is 0 Å². The Balaban J connectivity index is 1.49. The highest BCUT2D eigenvalue weighted by atomic mass is 79.9. The van der Waals surface area contributed by atoms with Crippen LogP contribution in [0.4, 0.5) is 0 Å². The van der Waals surface area contributed by atoms with Crippen molar-refractivity contribution < 1.29 is 28.5 Å². The van der Waals surface area contributed by atoms with E-state index in [1.54, 1.807) is 50.8 Å². The summed E-state index contributed by atoms with van der Waals surface area (Å²) in [6.45, 7) is 7.80. The van der Waals surface area contributed by atoms with Gasteiger partial charge in [0.15, 0.2) is 27.8 Å². The number of rotatable bonds is 11. The standard InChI is InChI=1S/C39H37BrN2O7S/c1-7-47-38(44)34-23(4)41-39-42(35(34)25-15-16-30(49-22(2)3)31(18-25)45-5)37(43)33(50-39)19-27-17-28(40)20-32(46-6)36(27)48-21-26-13-10-12-24-11-8-9-14-29(24)26/h8-20,22,35H,7,21H2,1-6H3/b33-19+/t35-/m1/s1. The third kappa shape index (κ3) is 6.93. The van der Waals surface area contributed by atoms with E-state index >= 15 is 0 Å². The molecule has 0 N–H and O–H groups in total. The summed E-state index contributed by atoms with van der Waals surface area (Å²) in [6.07, 6.45) is 1.69. The summed E-state index contributed by atoms with van der Waals surface area (Å²) in [7, 11) is 3.13. The lowest BCUT2D eigenvalue weighted by molar-refractivity contribution is -0.139. The Morgan fingerprint density at radius 1 is 1.00 bits per heavy atom. The van der Waals surface area contributed by atoms with Crippen LogP contribution in [0.3, 0.4) is 0 Å². The Bertz CT molecular complexity index is 2300. The quantitative estimate of drug-likeness (QED) is 0.133. The molecule has 0 saturated carbocycles. The van der Waals surface area contributed by atoms with Crippen LogP contribution in [0.25, 0.3) is 16.8 Å². The molecule has 6 rings (SSSR count). The molecule has 0 fully saturated rings. The fraction of sp³-hybridized carbons (Fsp3) is 0.256. The number of fused-ring (bicyclic) bond motifs is 2. The Morgan fingerprint density at radius 3 is 2.50 bits per heavy atom. The zero-order valence-corrected chi connectivity index (χ0v) is 31.0. The number of esters is 1. The van der Waals surface area contributed by atoms with Gasteiger partial charge in [-0.15, -0.1) is 0 Å². The lowest BCUT2D eigenvalue weighted by atomic mass is 9.95. The topological polar surface area (TPSA) is 97.6 Å². The molecule has 11 heteroatoms. The van der Waals surface area contributed by atoms with Crippen molar-refractivity contribution in [2.24, 2.45) is 4.99 Å². The molecular weight excluding hydrogens is 720 g/mol. The van der Waals surface area contributed by atoms with Gasteiger partial charge in [-0.25, -0.2) is 9.79 Å². The van der Waals surface area contributed by atoms with Crippen LogP contribution in [-0.4, -0.2) is 37.5 Å². The predicted molar refractivity (Wildman–Crippen MR) is 198 cm³/mol. The molecule has 0 saturated heterocycles. The average Bonchev–Trinajstić information content (AvgIpc) is 3.40. The number of carbonyl (C=O) groups excluding carboxylic acids is 1. The number of nitrogens with zero attached hydrogens (tertiary/aromatic N) is 2. The van der Waals surface area contributed by atoms with Crippen molar-refractivity contribution in [2.45, 2.75) is 46.4 Å². The molecule has 1 aliphatic rings. The van der Waals surface area contributed by atoms with Gasteiger partial charge in [0.05, 0.1) is 48.8 Å². The van der Waals surface area contributed by atoms with E-state index in [-0.39, 0.29) is 30.5 Å². The van der Waals surface area contributed by atoms with Crippen LogP contribution in [0.15, 0.2) is 98.3 Å². The number of ether oxygens (including phenoxy) is 5. The highest BCUT2D eigenvalue weighted by Crippen LogP contribution is 2.38. The molecule has 50 heavy (non-hydrogen) atoms. The van der Waals surface area contributed by atoms with Gasteiger partial charge in [-0.3, -0.25) is 9.36 Å². The van der Waals surface area contributed by atoms with Gasteiger partial charge >= 0.3 is 5.97 Å². The van der Waals surface area contributed by atoms with Crippen LogP contribution < -0.4 is 33.8 Å². The van der Waals surface area contributed by atoms with Crippen LogP contribution in [0.5, 0.6) is 23.0 Å². The molecule has 5 aromatic rings. The normalized spacial score (nSPS) is 14.4. The minimum atomic E-state index is -0.825. The van der Waals surface area contributed by atoms with Gasteiger partial charge in [-0.05, 0) is 79.9 Å². The molecule has 0 amide bonds. The Kier molecular flexibility index (Phi) is 10.4. The first-order chi connectivity index (χ1) is 24.1. The summed E-state index contributed by atoms with van der Waals surface area (Å²) >= 11 is 4.82. The maximum absolute atomic E-state index is 14.4. The molecule has 0 aliphatic carbocycles. The van der Waals surface area contributed by atoms with E-state index in [2.05, 4.69) is 34.1 Å². The molecule has 9 nitrogen and oxygen atoms in total. The van der Waals surface area contributed by atoms with Gasteiger partial charge in [0, 0.05) is 10.0 Å². The number of hydrogen-bond acceptors (Lipinski definition) is 9. The van der Waals surface area contributed by atoms with Crippen molar-refractivity contribution in [2.75, 3.05) is 20.8 Å². The highest BCUT2D eigenvalue weighted by molar-refractivity contribution is 9.10. The molecule has 1 atom stereocenters. The lowest BCUT2D eigenvalue weighted by Crippen LogP contribution is -2.40. The third-order valence-corrected chi connectivity index (χ3v) is 9.63. The maximum Gasteiger partial charge on any atom is 0.338 e. The SMILES string of the molecule is CCOC(=O)C1=C(C)N=c2s/c(=C/c3cc(Br)cc(OC)c3OCc3cccc4ccccc34)c(=O)n2[C@@H]1c1ccc(OC(C)C)c(OC)c1. The molecule has 0 bridgehead atoms. The molecule has 2 heterocycles. The monoisotopic (exact) mass is 756 g/mol. The smallest absolute Gasteiger partial charge is 0.338 e. The minimum Gasteiger partial charge on any atom is -0.493 e. The Labute approximate surface area is 302 Å². The number of methoxy groups -OCH3 is 2. The summed E-state index contributed by atoms with van der Waals surface area (Å²) in [5, 5.41) is 2.21. The average molecular weight is 758 g/mol. The second-order valence-electron chi connectivity index (χ2n) is 11.8. The fourth-order valence-electron chi connectivity index (χ4n) is 6.02. The number of carbonyl (C=O) groups is 1. The number of thiazole rings is 1. The van der Waals surface area contributed by atoms with Crippen LogP contribution in [-0.2, 0) is 16.1 Å². The first-order valence-electron chi connectivity index (χ1n) is 16.1. The summed E-state index contributed by atoms with van der Waals surface area (Å²) in [5.74, 6) is 1.48. The van der Waals surface area contributed by atoms with E-state index in [1.165, 1.54) is 11.3 Å². The first kappa shape index (κ1) is 35.0. The third-order valence-electron chi connectivity index (χ3n) is 8.19. The van der Waals surface area contributed by atoms with Gasteiger partial charge in [-0.1, -0.05) is 75.8 Å². The van der Waals surface area contributed by atoms with Crippen molar-refractivity contribution in [1.29, 1.82) is 0 Å². The number of benzene rings is 4. The van der Waals surface area contributed by atoms with Crippen molar-refractivity contribution in [3.8, 4) is 23.0 Å². The maximum atomic E-state index is 14.4. The fourth-order valence-corrected chi connectivity index (χ4v) is 7.52. The van der Waals surface area contributed by atoms with Crippen LogP contribution in [0, 0.1) is 0 Å². The van der Waals surface area contributed by atoms with Crippen molar-refractivity contribution in [3.05, 3.63) is 125 Å². The summed E-state index contributed by atoms with van der Waals surface area (Å²) in [6, 6.07) is 22.5. The van der Waals surface area contributed by atoms with Crippen molar-refractivity contribution in [3.63, 3.8) is 0 Å². The number of hydrogen-bond donors (Lipinski definition) is 0. The van der Waals surface area contributed by atoms with Gasteiger partial charge < -0.3 is 23.7 Å². The van der Waals surface area contributed by atoms with E-state index in [0.717, 1.165) is 20.8 Å². The molecule has 1 aromatic heterocycles. The lowest BCUT2D eigenvalue weighted by Gasteiger charge is -2.25. The van der Waals surface area contributed by atoms with E-state index < -0.39 is 12.0 Å². The van der Waals surface area contributed by atoms with Gasteiger partial charge in [-0.2, -0.15) is 0 Å².